The Labute approximate surface area is 259 Å². The summed E-state index contributed by atoms with van der Waals surface area (Å²) < 4.78 is 0. The fraction of sp³-hybridized carbons (Fsp3) is 0.278. The highest BCUT2D eigenvalue weighted by atomic mass is 16.4. The maximum atomic E-state index is 13.2. The molecule has 0 radical (unpaired) electrons. The molecule has 0 spiro atoms. The summed E-state index contributed by atoms with van der Waals surface area (Å²) in [6, 6.07) is 28.4. The first-order chi connectivity index (χ1) is 21.4. The van der Waals surface area contributed by atoms with Crippen molar-refractivity contribution in [2.75, 3.05) is 23.8 Å². The smallest absolute Gasteiger partial charge is 0.322 e. The number of carbonyl (C=O) groups is 3. The molecule has 4 rings (SSSR count). The number of urea groups is 1. The standard InChI is InChI=1S/C36H40N4O4/c1-3-4-5-6-12-24-37-36(44)40(2)33-19-13-18-30(39-33)26-20-22-27(23-21-26)32(25-34(41)42)38-31-17-11-10-16-29(31)35(43)28-14-8-7-9-15-28/h7-11,13-23,32,38H,3-6,12,24-25H2,1-2H3,(H,37,44)(H,41,42)/t32-/m0/s1. The second-order valence-electron chi connectivity index (χ2n) is 10.7. The topological polar surface area (TPSA) is 112 Å². The van der Waals surface area contributed by atoms with Gasteiger partial charge in [0.1, 0.15) is 5.82 Å². The van der Waals surface area contributed by atoms with Crippen molar-refractivity contribution in [2.45, 2.75) is 51.5 Å². The van der Waals surface area contributed by atoms with Gasteiger partial charge in [0.2, 0.25) is 0 Å². The van der Waals surface area contributed by atoms with E-state index in [1.807, 2.05) is 60.7 Å². The van der Waals surface area contributed by atoms with Gasteiger partial charge in [-0.25, -0.2) is 9.78 Å². The van der Waals surface area contributed by atoms with Crippen LogP contribution >= 0.6 is 0 Å². The average Bonchev–Trinajstić information content (AvgIpc) is 3.06. The van der Waals surface area contributed by atoms with Gasteiger partial charge in [-0.05, 0) is 36.2 Å². The number of anilines is 2. The first-order valence-corrected chi connectivity index (χ1v) is 15.1. The van der Waals surface area contributed by atoms with Crippen molar-refractivity contribution in [1.82, 2.24) is 10.3 Å². The molecule has 4 aromatic rings. The predicted molar refractivity (Wildman–Crippen MR) is 175 cm³/mol. The molecule has 0 aliphatic rings. The highest BCUT2D eigenvalue weighted by molar-refractivity contribution is 6.12. The van der Waals surface area contributed by atoms with E-state index in [4.69, 9.17) is 4.98 Å². The van der Waals surface area contributed by atoms with E-state index in [0.717, 1.165) is 24.0 Å². The van der Waals surface area contributed by atoms with Gasteiger partial charge in [-0.3, -0.25) is 14.5 Å². The lowest BCUT2D eigenvalue weighted by Crippen LogP contribution is -2.38. The Morgan fingerprint density at radius 1 is 0.818 bits per heavy atom. The van der Waals surface area contributed by atoms with E-state index >= 15 is 0 Å². The Morgan fingerprint density at radius 2 is 1.52 bits per heavy atom. The van der Waals surface area contributed by atoms with Crippen LogP contribution in [0.25, 0.3) is 11.3 Å². The molecule has 3 aromatic carbocycles. The molecule has 0 aliphatic heterocycles. The molecule has 2 amide bonds. The van der Waals surface area contributed by atoms with Gasteiger partial charge in [0.05, 0.1) is 18.2 Å². The van der Waals surface area contributed by atoms with Crippen LogP contribution in [0.4, 0.5) is 16.3 Å². The van der Waals surface area contributed by atoms with Crippen LogP contribution in [0.2, 0.25) is 0 Å². The van der Waals surface area contributed by atoms with E-state index in [-0.39, 0.29) is 18.2 Å². The Bertz CT molecular complexity index is 1540. The van der Waals surface area contributed by atoms with Crippen LogP contribution < -0.4 is 15.5 Å². The molecular weight excluding hydrogens is 552 g/mol. The molecule has 0 bridgehead atoms. The van der Waals surface area contributed by atoms with E-state index in [1.165, 1.54) is 24.2 Å². The molecule has 1 heterocycles. The molecular formula is C36H40N4O4. The molecule has 0 unspecified atom stereocenters. The summed E-state index contributed by atoms with van der Waals surface area (Å²) in [5, 5.41) is 16.0. The van der Waals surface area contributed by atoms with Gasteiger partial charge >= 0.3 is 12.0 Å². The molecule has 0 saturated carbocycles. The van der Waals surface area contributed by atoms with Gasteiger partial charge in [-0.1, -0.05) is 105 Å². The van der Waals surface area contributed by atoms with Crippen molar-refractivity contribution in [2.24, 2.45) is 0 Å². The number of pyridine rings is 1. The summed E-state index contributed by atoms with van der Waals surface area (Å²) in [4.78, 5) is 44.0. The van der Waals surface area contributed by atoms with E-state index in [9.17, 15) is 19.5 Å². The molecule has 228 valence electrons. The maximum Gasteiger partial charge on any atom is 0.322 e. The highest BCUT2D eigenvalue weighted by Crippen LogP contribution is 2.29. The molecule has 0 saturated heterocycles. The number of rotatable bonds is 15. The van der Waals surface area contributed by atoms with Gasteiger partial charge in [-0.2, -0.15) is 0 Å². The normalized spacial score (nSPS) is 11.4. The molecule has 0 fully saturated rings. The number of carboxylic acids is 1. The van der Waals surface area contributed by atoms with E-state index in [2.05, 4.69) is 17.6 Å². The SMILES string of the molecule is CCCCCCCNC(=O)N(C)c1cccc(-c2ccc([C@H](CC(=O)O)Nc3ccccc3C(=O)c3ccccc3)cc2)n1. The van der Waals surface area contributed by atoms with Crippen molar-refractivity contribution >= 4 is 29.3 Å². The maximum absolute atomic E-state index is 13.2. The van der Waals surface area contributed by atoms with Crippen LogP contribution in [0.1, 0.15) is 73.0 Å². The number of carbonyl (C=O) groups excluding carboxylic acids is 2. The monoisotopic (exact) mass is 592 g/mol. The number of nitrogens with zero attached hydrogens (tertiary/aromatic N) is 2. The number of unbranched alkanes of at least 4 members (excludes halogenated alkanes) is 4. The Hall–Kier alpha value is -4.98. The molecule has 1 atom stereocenters. The van der Waals surface area contributed by atoms with Crippen LogP contribution in [0.15, 0.2) is 97.1 Å². The molecule has 8 nitrogen and oxygen atoms in total. The predicted octanol–water partition coefficient (Wildman–Crippen LogP) is 7.72. The summed E-state index contributed by atoms with van der Waals surface area (Å²) in [5.41, 5.74) is 3.86. The molecule has 3 N–H and O–H groups in total. The summed E-state index contributed by atoms with van der Waals surface area (Å²) in [7, 11) is 1.70. The van der Waals surface area contributed by atoms with Crippen molar-refractivity contribution in [1.29, 1.82) is 0 Å². The van der Waals surface area contributed by atoms with Gasteiger partial charge in [0.15, 0.2) is 5.78 Å². The number of nitrogens with one attached hydrogen (secondary N) is 2. The van der Waals surface area contributed by atoms with Gasteiger partial charge < -0.3 is 15.7 Å². The number of ketones is 1. The zero-order chi connectivity index (χ0) is 31.3. The molecule has 44 heavy (non-hydrogen) atoms. The number of carboxylic acid groups (broad SMARTS) is 1. The van der Waals surface area contributed by atoms with Crippen LogP contribution in [-0.4, -0.2) is 41.5 Å². The largest absolute Gasteiger partial charge is 0.481 e. The summed E-state index contributed by atoms with van der Waals surface area (Å²) in [6.45, 7) is 2.81. The minimum Gasteiger partial charge on any atom is -0.481 e. The number of para-hydroxylation sites is 1. The number of hydrogen-bond acceptors (Lipinski definition) is 5. The second kappa shape index (κ2) is 16.0. The van der Waals surface area contributed by atoms with E-state index in [0.29, 0.717) is 34.9 Å². The quantitative estimate of drug-likeness (QED) is 0.0962. The van der Waals surface area contributed by atoms with Crippen LogP contribution in [0, 0.1) is 0 Å². The lowest BCUT2D eigenvalue weighted by molar-refractivity contribution is -0.137. The fourth-order valence-corrected chi connectivity index (χ4v) is 4.97. The third kappa shape index (κ3) is 8.77. The first-order valence-electron chi connectivity index (χ1n) is 15.1. The van der Waals surface area contributed by atoms with Crippen LogP contribution in [0.5, 0.6) is 0 Å². The average molecular weight is 593 g/mol. The first kappa shape index (κ1) is 31.9. The minimum absolute atomic E-state index is 0.144. The third-order valence-electron chi connectivity index (χ3n) is 7.46. The number of hydrogen-bond donors (Lipinski definition) is 3. The number of aliphatic carboxylic acids is 1. The van der Waals surface area contributed by atoms with Crippen LogP contribution in [-0.2, 0) is 4.79 Å². The Balaban J connectivity index is 1.48. The Morgan fingerprint density at radius 3 is 2.25 bits per heavy atom. The third-order valence-corrected chi connectivity index (χ3v) is 7.46. The second-order valence-corrected chi connectivity index (χ2v) is 10.7. The number of benzene rings is 3. The van der Waals surface area contributed by atoms with Crippen molar-refractivity contribution in [3.05, 3.63) is 114 Å². The highest BCUT2D eigenvalue weighted by Gasteiger charge is 2.20. The summed E-state index contributed by atoms with van der Waals surface area (Å²) >= 11 is 0. The zero-order valence-electron chi connectivity index (χ0n) is 25.3. The summed E-state index contributed by atoms with van der Waals surface area (Å²) in [5.74, 6) is -0.579. The molecule has 0 aliphatic carbocycles. The summed E-state index contributed by atoms with van der Waals surface area (Å²) in [6.07, 6.45) is 5.45. The van der Waals surface area contributed by atoms with Crippen molar-refractivity contribution in [3.8, 4) is 11.3 Å². The van der Waals surface area contributed by atoms with Crippen molar-refractivity contribution in [3.63, 3.8) is 0 Å². The Kier molecular flexibility index (Phi) is 11.6. The lowest BCUT2D eigenvalue weighted by atomic mass is 9.98. The van der Waals surface area contributed by atoms with Gasteiger partial charge in [0.25, 0.3) is 0 Å². The van der Waals surface area contributed by atoms with Crippen LogP contribution in [0.3, 0.4) is 0 Å². The van der Waals surface area contributed by atoms with E-state index < -0.39 is 12.0 Å². The lowest BCUT2D eigenvalue weighted by Gasteiger charge is -2.21. The zero-order valence-corrected chi connectivity index (χ0v) is 25.3. The number of aromatic nitrogens is 1. The molecule has 8 heteroatoms. The van der Waals surface area contributed by atoms with E-state index in [1.54, 1.807) is 43.4 Å². The van der Waals surface area contributed by atoms with Crippen molar-refractivity contribution < 1.29 is 19.5 Å². The molecule has 1 aromatic heterocycles. The fourth-order valence-electron chi connectivity index (χ4n) is 4.97. The number of amides is 2. The van der Waals surface area contributed by atoms with Gasteiger partial charge in [-0.15, -0.1) is 0 Å². The minimum atomic E-state index is -0.963. The van der Waals surface area contributed by atoms with Gasteiger partial charge in [0, 0.05) is 36.0 Å².